The van der Waals surface area contributed by atoms with Crippen LogP contribution in [-0.2, 0) is 13.6 Å². The molecule has 1 aromatic rings. The van der Waals surface area contributed by atoms with Crippen LogP contribution in [0.15, 0.2) is 52.8 Å². The van der Waals surface area contributed by atoms with Crippen LogP contribution in [-0.4, -0.2) is 27.7 Å². The molecule has 0 aromatic heterocycles. The molecule has 0 N–H and O–H groups in total. The van der Waals surface area contributed by atoms with Crippen molar-refractivity contribution in [2.24, 2.45) is 0 Å². The molecule has 1 aliphatic rings. The van der Waals surface area contributed by atoms with Crippen molar-refractivity contribution < 1.29 is 13.6 Å². The topological polar surface area (TPSA) is 35.5 Å². The second kappa shape index (κ2) is 5.40. The third kappa shape index (κ3) is 2.79. The maximum atomic E-state index is 12.6. The van der Waals surface area contributed by atoms with Crippen molar-refractivity contribution in [3.05, 3.63) is 52.8 Å². The van der Waals surface area contributed by atoms with Crippen molar-refractivity contribution in [1.29, 1.82) is 0 Å². The number of hydrogen-bond donors (Lipinski definition) is 0. The fraction of sp³-hybridized carbons (Fsp3) is 0.286. The van der Waals surface area contributed by atoms with Crippen molar-refractivity contribution >= 4 is 27.0 Å². The molecule has 0 fully saturated rings. The molecule has 2 rings (SSSR count). The molecule has 0 aliphatic carbocycles. The fourth-order valence-corrected chi connectivity index (χ4v) is 6.94. The number of benzene rings is 1. The summed E-state index contributed by atoms with van der Waals surface area (Å²) in [6.45, 7) is 7.61. The number of rotatable bonds is 4. The van der Waals surface area contributed by atoms with Gasteiger partial charge in [-0.25, -0.2) is 0 Å². The Balaban J connectivity index is 2.47. The van der Waals surface area contributed by atoms with Gasteiger partial charge in [-0.15, -0.1) is 0 Å². The Hall–Kier alpha value is -0.631. The molecular weight excluding hydrogens is 326 g/mol. The summed E-state index contributed by atoms with van der Waals surface area (Å²) in [5.74, 6) is 0. The first-order valence-corrected chi connectivity index (χ1v) is 9.16. The number of hydrogen-bond acceptors (Lipinski definition) is 3. The van der Waals surface area contributed by atoms with E-state index in [-0.39, 0.29) is 15.0 Å². The van der Waals surface area contributed by atoms with E-state index in [9.17, 15) is 4.57 Å². The minimum atomic E-state index is -3.20. The van der Waals surface area contributed by atoms with Crippen LogP contribution in [0.3, 0.4) is 0 Å². The van der Waals surface area contributed by atoms with E-state index in [0.29, 0.717) is 5.31 Å². The van der Waals surface area contributed by atoms with Crippen molar-refractivity contribution in [3.8, 4) is 0 Å². The summed E-state index contributed by atoms with van der Waals surface area (Å²) in [5.41, 5.74) is -0.578. The van der Waals surface area contributed by atoms with Crippen LogP contribution in [0.1, 0.15) is 13.8 Å². The van der Waals surface area contributed by atoms with Gasteiger partial charge in [0.15, 0.2) is 0 Å². The quantitative estimate of drug-likeness (QED) is 0.623. The number of allylic oxidation sites excluding steroid dienone is 2. The van der Waals surface area contributed by atoms with E-state index in [0.717, 1.165) is 4.47 Å². The van der Waals surface area contributed by atoms with Gasteiger partial charge in [-0.05, 0) is 0 Å². The monoisotopic (exact) mass is 344 g/mol. The van der Waals surface area contributed by atoms with E-state index >= 15 is 0 Å². The van der Waals surface area contributed by atoms with Crippen LogP contribution in [0, 0.1) is 0 Å². The van der Waals surface area contributed by atoms with Crippen LogP contribution in [0.25, 0.3) is 0 Å². The summed E-state index contributed by atoms with van der Waals surface area (Å²) in [6, 6.07) is 10.1. The van der Waals surface area contributed by atoms with Crippen LogP contribution in [0.4, 0.5) is 0 Å². The van der Waals surface area contributed by atoms with Crippen LogP contribution >= 0.6 is 7.60 Å². The summed E-state index contributed by atoms with van der Waals surface area (Å²) in [5, 5.41) is 0.629. The Morgan fingerprint density at radius 2 is 2.00 bits per heavy atom. The van der Waals surface area contributed by atoms with Gasteiger partial charge in [-0.2, -0.15) is 0 Å². The molecule has 1 aromatic carbocycles. The zero-order valence-corrected chi connectivity index (χ0v) is 13.9. The Bertz CT molecular complexity index is 563. The van der Waals surface area contributed by atoms with Gasteiger partial charge in [-0.1, -0.05) is 0 Å². The molecule has 1 heterocycles. The molecule has 1 atom stereocenters. The molecule has 0 spiro atoms. The zero-order valence-electron chi connectivity index (χ0n) is 11.3. The van der Waals surface area contributed by atoms with E-state index < -0.39 is 13.2 Å². The molecule has 0 radical (unpaired) electrons. The molecule has 5 heteroatoms. The first kappa shape index (κ1) is 14.8. The standard InChI is InChI=1S/C14H17O3PSe/c1-5-12-13(19-11-9-7-6-8-10-11)14(2,3)17-18(12,15)16-4/h5-10H,1H2,2-4H3. The summed E-state index contributed by atoms with van der Waals surface area (Å²) >= 11 is 0.0406. The first-order chi connectivity index (χ1) is 8.93. The van der Waals surface area contributed by atoms with E-state index in [1.165, 1.54) is 11.6 Å². The van der Waals surface area contributed by atoms with Crippen LogP contribution < -0.4 is 4.46 Å². The van der Waals surface area contributed by atoms with Crippen molar-refractivity contribution in [2.75, 3.05) is 7.11 Å². The van der Waals surface area contributed by atoms with Gasteiger partial charge in [0.2, 0.25) is 0 Å². The molecule has 19 heavy (non-hydrogen) atoms. The summed E-state index contributed by atoms with van der Waals surface area (Å²) in [6.07, 6.45) is 1.61. The molecule has 0 bridgehead atoms. The van der Waals surface area contributed by atoms with Crippen LogP contribution in [0.5, 0.6) is 0 Å². The first-order valence-electron chi connectivity index (χ1n) is 5.90. The van der Waals surface area contributed by atoms with Crippen molar-refractivity contribution in [3.63, 3.8) is 0 Å². The van der Waals surface area contributed by atoms with Gasteiger partial charge in [0.05, 0.1) is 0 Å². The SMILES string of the molecule is C=CC1=C([Se]c2ccccc2)C(C)(C)OP1(=O)OC. The molecule has 0 amide bonds. The third-order valence-electron chi connectivity index (χ3n) is 2.82. The predicted octanol–water partition coefficient (Wildman–Crippen LogP) is 3.06. The van der Waals surface area contributed by atoms with E-state index in [4.69, 9.17) is 9.05 Å². The van der Waals surface area contributed by atoms with Gasteiger partial charge in [-0.3, -0.25) is 0 Å². The Kier molecular flexibility index (Phi) is 4.20. The second-order valence-electron chi connectivity index (χ2n) is 4.62. The molecule has 102 valence electrons. The van der Waals surface area contributed by atoms with Crippen LogP contribution in [0.2, 0.25) is 0 Å². The molecular formula is C14H17O3PSe. The average Bonchev–Trinajstić information content (AvgIpc) is 2.58. The second-order valence-corrected chi connectivity index (χ2v) is 8.91. The Morgan fingerprint density at radius 1 is 1.37 bits per heavy atom. The van der Waals surface area contributed by atoms with Crippen molar-refractivity contribution in [2.45, 2.75) is 19.4 Å². The molecule has 0 saturated carbocycles. The Labute approximate surface area is 120 Å². The van der Waals surface area contributed by atoms with Gasteiger partial charge >= 0.3 is 120 Å². The van der Waals surface area contributed by atoms with Gasteiger partial charge in [0.25, 0.3) is 0 Å². The maximum absolute atomic E-state index is 12.6. The molecule has 1 unspecified atom stereocenters. The fourth-order valence-electron chi connectivity index (χ4n) is 1.95. The van der Waals surface area contributed by atoms with Gasteiger partial charge in [0.1, 0.15) is 0 Å². The van der Waals surface area contributed by atoms with Crippen molar-refractivity contribution in [1.82, 2.24) is 0 Å². The molecule has 1 aliphatic heterocycles. The van der Waals surface area contributed by atoms with Gasteiger partial charge in [0, 0.05) is 0 Å². The molecule has 0 saturated heterocycles. The zero-order chi connectivity index (χ0) is 14.1. The third-order valence-corrected chi connectivity index (χ3v) is 8.32. The van der Waals surface area contributed by atoms with Gasteiger partial charge < -0.3 is 0 Å². The Morgan fingerprint density at radius 3 is 2.53 bits per heavy atom. The summed E-state index contributed by atoms with van der Waals surface area (Å²) in [7, 11) is -1.78. The van der Waals surface area contributed by atoms with E-state index in [1.807, 2.05) is 32.0 Å². The molecule has 3 nitrogen and oxygen atoms in total. The van der Waals surface area contributed by atoms with E-state index in [2.05, 4.69) is 18.7 Å². The average molecular weight is 343 g/mol. The predicted molar refractivity (Wildman–Crippen MR) is 78.8 cm³/mol. The summed E-state index contributed by atoms with van der Waals surface area (Å²) in [4.78, 5) is 0. The minimum absolute atomic E-state index is 0.0406. The normalized spacial score (nSPS) is 25.6. The summed E-state index contributed by atoms with van der Waals surface area (Å²) < 4.78 is 25.6. The van der Waals surface area contributed by atoms with E-state index in [1.54, 1.807) is 6.08 Å².